The van der Waals surface area contributed by atoms with Crippen LogP contribution in [-0.2, 0) is 10.1 Å². The van der Waals surface area contributed by atoms with Crippen LogP contribution >= 0.6 is 0 Å². The smallest absolute Gasteiger partial charge is 0.339 e. The molecule has 0 saturated heterocycles. The van der Waals surface area contributed by atoms with Crippen molar-refractivity contribution in [1.82, 2.24) is 0 Å². The summed E-state index contributed by atoms with van der Waals surface area (Å²) in [5.74, 6) is 0.513. The van der Waals surface area contributed by atoms with Crippen molar-refractivity contribution >= 4 is 15.9 Å². The summed E-state index contributed by atoms with van der Waals surface area (Å²) < 4.78 is 29.5. The second-order valence-corrected chi connectivity index (χ2v) is 6.89. The average molecular weight is 318 g/mol. The van der Waals surface area contributed by atoms with Gasteiger partial charge in [0.15, 0.2) is 5.78 Å². The van der Waals surface area contributed by atoms with Crippen LogP contribution in [0.4, 0.5) is 0 Å². The quantitative estimate of drug-likeness (QED) is 0.622. The molecule has 116 valence electrons. The van der Waals surface area contributed by atoms with Gasteiger partial charge in [-0.05, 0) is 42.7 Å². The molecule has 0 unspecified atom stereocenters. The first-order valence-corrected chi connectivity index (χ1v) is 8.36. The van der Waals surface area contributed by atoms with Crippen molar-refractivity contribution in [1.29, 1.82) is 0 Å². The largest absolute Gasteiger partial charge is 0.379 e. The molecule has 5 heteroatoms. The Balaban J connectivity index is 2.21. The number of rotatable bonds is 5. The number of ketones is 1. The first-order valence-electron chi connectivity index (χ1n) is 6.95. The highest BCUT2D eigenvalue weighted by Gasteiger charge is 2.17. The van der Waals surface area contributed by atoms with E-state index in [0.29, 0.717) is 11.5 Å². The molecule has 0 saturated carbocycles. The lowest BCUT2D eigenvalue weighted by Gasteiger charge is -2.09. The van der Waals surface area contributed by atoms with Crippen molar-refractivity contribution in [3.63, 3.8) is 0 Å². The summed E-state index contributed by atoms with van der Waals surface area (Å²) in [6, 6.07) is 12.6. The molecule has 0 N–H and O–H groups in total. The van der Waals surface area contributed by atoms with Gasteiger partial charge in [0.25, 0.3) is 0 Å². The SMILES string of the molecule is CC(=O)c1ccc(S(=O)(=O)Oc2ccc(C(C)C)cc2)cc1. The van der Waals surface area contributed by atoms with E-state index < -0.39 is 10.1 Å². The van der Waals surface area contributed by atoms with E-state index in [2.05, 4.69) is 13.8 Å². The van der Waals surface area contributed by atoms with Gasteiger partial charge in [-0.25, -0.2) is 0 Å². The minimum absolute atomic E-state index is 0.0189. The number of carbonyl (C=O) groups is 1. The topological polar surface area (TPSA) is 60.4 Å². The van der Waals surface area contributed by atoms with Gasteiger partial charge in [0.1, 0.15) is 10.6 Å². The fourth-order valence-corrected chi connectivity index (χ4v) is 2.87. The van der Waals surface area contributed by atoms with Crippen molar-refractivity contribution < 1.29 is 17.4 Å². The summed E-state index contributed by atoms with van der Waals surface area (Å²) in [7, 11) is -3.90. The molecule has 0 amide bonds. The Morgan fingerprint density at radius 2 is 1.50 bits per heavy atom. The van der Waals surface area contributed by atoms with Crippen molar-refractivity contribution in [2.45, 2.75) is 31.6 Å². The summed E-state index contributed by atoms with van der Waals surface area (Å²) in [6.07, 6.45) is 0. The Bertz CT molecular complexity index is 757. The molecular formula is C17H18O4S. The van der Waals surface area contributed by atoms with E-state index in [4.69, 9.17) is 4.18 Å². The van der Waals surface area contributed by atoms with E-state index in [1.807, 2.05) is 12.1 Å². The van der Waals surface area contributed by atoms with E-state index in [-0.39, 0.29) is 16.4 Å². The lowest BCUT2D eigenvalue weighted by atomic mass is 10.0. The van der Waals surface area contributed by atoms with Gasteiger partial charge in [-0.3, -0.25) is 4.79 Å². The average Bonchev–Trinajstić information content (AvgIpc) is 2.47. The Morgan fingerprint density at radius 3 is 1.95 bits per heavy atom. The summed E-state index contributed by atoms with van der Waals surface area (Å²) >= 11 is 0. The first-order chi connectivity index (χ1) is 10.3. The molecule has 0 aromatic heterocycles. The van der Waals surface area contributed by atoms with E-state index in [1.165, 1.54) is 31.2 Å². The molecular weight excluding hydrogens is 300 g/mol. The Hall–Kier alpha value is -2.14. The third kappa shape index (κ3) is 3.74. The lowest BCUT2D eigenvalue weighted by Crippen LogP contribution is -2.10. The minimum Gasteiger partial charge on any atom is -0.379 e. The fraction of sp³-hybridized carbons (Fsp3) is 0.235. The maximum Gasteiger partial charge on any atom is 0.339 e. The summed E-state index contributed by atoms with van der Waals surface area (Å²) in [5, 5.41) is 0. The van der Waals surface area contributed by atoms with E-state index in [1.54, 1.807) is 12.1 Å². The van der Waals surface area contributed by atoms with Crippen LogP contribution < -0.4 is 4.18 Å². The number of Topliss-reactive ketones (excluding diaryl/α,β-unsaturated/α-hetero) is 1. The standard InChI is InChI=1S/C17H18O4S/c1-12(2)14-4-8-16(9-5-14)21-22(19,20)17-10-6-15(7-11-17)13(3)18/h4-12H,1-3H3. The highest BCUT2D eigenvalue weighted by atomic mass is 32.2. The van der Waals surface area contributed by atoms with Crippen LogP contribution in [0.3, 0.4) is 0 Å². The Kier molecular flexibility index (Phi) is 4.66. The maximum atomic E-state index is 12.2. The molecule has 0 atom stereocenters. The third-order valence-corrected chi connectivity index (χ3v) is 4.56. The van der Waals surface area contributed by atoms with Crippen LogP contribution in [0, 0.1) is 0 Å². The normalized spacial score (nSPS) is 11.5. The molecule has 0 spiro atoms. The molecule has 0 radical (unpaired) electrons. The summed E-state index contributed by atoms with van der Waals surface area (Å²) in [6.45, 7) is 5.54. The predicted molar refractivity (Wildman–Crippen MR) is 84.8 cm³/mol. The summed E-state index contributed by atoms with van der Waals surface area (Å²) in [5.41, 5.74) is 1.57. The molecule has 22 heavy (non-hydrogen) atoms. The molecule has 2 aromatic carbocycles. The van der Waals surface area contributed by atoms with Gasteiger partial charge in [-0.1, -0.05) is 38.1 Å². The van der Waals surface area contributed by atoms with Crippen LogP contribution in [0.1, 0.15) is 42.6 Å². The molecule has 0 fully saturated rings. The maximum absolute atomic E-state index is 12.2. The zero-order valence-electron chi connectivity index (χ0n) is 12.7. The van der Waals surface area contributed by atoms with Crippen LogP contribution in [0.25, 0.3) is 0 Å². The van der Waals surface area contributed by atoms with Crippen LogP contribution in [0.5, 0.6) is 5.75 Å². The van der Waals surface area contributed by atoms with E-state index >= 15 is 0 Å². The highest BCUT2D eigenvalue weighted by Crippen LogP contribution is 2.22. The number of carbonyl (C=O) groups excluding carboxylic acids is 1. The molecule has 2 aromatic rings. The van der Waals surface area contributed by atoms with Crippen LogP contribution in [-0.4, -0.2) is 14.2 Å². The lowest BCUT2D eigenvalue weighted by molar-refractivity contribution is 0.101. The van der Waals surface area contributed by atoms with Crippen LogP contribution in [0.15, 0.2) is 53.4 Å². The Labute approximate surface area is 130 Å². The molecule has 2 rings (SSSR count). The van der Waals surface area contributed by atoms with E-state index in [9.17, 15) is 13.2 Å². The molecule has 0 heterocycles. The number of hydrogen-bond donors (Lipinski definition) is 0. The van der Waals surface area contributed by atoms with Gasteiger partial charge in [-0.2, -0.15) is 8.42 Å². The first kappa shape index (κ1) is 16.2. The van der Waals surface area contributed by atoms with Crippen molar-refractivity contribution in [2.75, 3.05) is 0 Å². The molecule has 0 aliphatic rings. The summed E-state index contributed by atoms with van der Waals surface area (Å²) in [4.78, 5) is 11.2. The predicted octanol–water partition coefficient (Wildman–Crippen LogP) is 3.78. The van der Waals surface area contributed by atoms with Crippen molar-refractivity contribution in [3.8, 4) is 5.75 Å². The number of hydrogen-bond acceptors (Lipinski definition) is 4. The second kappa shape index (κ2) is 6.32. The molecule has 4 nitrogen and oxygen atoms in total. The molecule has 0 aliphatic carbocycles. The fourth-order valence-electron chi connectivity index (χ4n) is 1.94. The monoisotopic (exact) mass is 318 g/mol. The zero-order chi connectivity index (χ0) is 16.3. The van der Waals surface area contributed by atoms with Gasteiger partial charge in [0.2, 0.25) is 0 Å². The minimum atomic E-state index is -3.90. The van der Waals surface area contributed by atoms with Gasteiger partial charge >= 0.3 is 10.1 Å². The molecule has 0 aliphatic heterocycles. The van der Waals surface area contributed by atoms with E-state index in [0.717, 1.165) is 5.56 Å². The third-order valence-electron chi connectivity index (χ3n) is 3.30. The second-order valence-electron chi connectivity index (χ2n) is 5.34. The van der Waals surface area contributed by atoms with Crippen molar-refractivity contribution in [2.24, 2.45) is 0 Å². The Morgan fingerprint density at radius 1 is 0.955 bits per heavy atom. The van der Waals surface area contributed by atoms with Gasteiger partial charge in [-0.15, -0.1) is 0 Å². The van der Waals surface area contributed by atoms with Crippen LogP contribution in [0.2, 0.25) is 0 Å². The van der Waals surface area contributed by atoms with Gasteiger partial charge in [0.05, 0.1) is 0 Å². The van der Waals surface area contributed by atoms with Crippen molar-refractivity contribution in [3.05, 3.63) is 59.7 Å². The number of benzene rings is 2. The van der Waals surface area contributed by atoms with Gasteiger partial charge in [0, 0.05) is 5.56 Å². The molecule has 0 bridgehead atoms. The zero-order valence-corrected chi connectivity index (χ0v) is 13.6. The van der Waals surface area contributed by atoms with Gasteiger partial charge < -0.3 is 4.18 Å². The highest BCUT2D eigenvalue weighted by molar-refractivity contribution is 7.87.